The zero-order valence-electron chi connectivity index (χ0n) is 14.7. The first-order valence-corrected chi connectivity index (χ1v) is 8.87. The van der Waals surface area contributed by atoms with Gasteiger partial charge in [-0.1, -0.05) is 25.8 Å². The van der Waals surface area contributed by atoms with Crippen LogP contribution in [0.15, 0.2) is 24.3 Å². The van der Waals surface area contributed by atoms with Gasteiger partial charge in [-0.15, -0.1) is 0 Å². The maximum atomic E-state index is 12.5. The van der Waals surface area contributed by atoms with E-state index in [-0.39, 0.29) is 17.9 Å². The first-order valence-electron chi connectivity index (χ1n) is 8.87. The highest BCUT2D eigenvalue weighted by atomic mass is 16.4. The molecule has 3 N–H and O–H groups in total. The smallest absolute Gasteiger partial charge is 0.307 e. The Morgan fingerprint density at radius 2 is 1.88 bits per heavy atom. The van der Waals surface area contributed by atoms with E-state index in [1.54, 1.807) is 24.3 Å². The monoisotopic (exact) mass is 346 g/mol. The SMILES string of the molecule is CC[C@H](C)NC(=O)c1cccc(NC(=O)[C@@H]2CCCC[C@H]2C(=O)O)c1. The Labute approximate surface area is 148 Å². The van der Waals surface area contributed by atoms with Crippen molar-refractivity contribution in [3.05, 3.63) is 29.8 Å². The minimum absolute atomic E-state index is 0.0734. The lowest BCUT2D eigenvalue weighted by molar-refractivity contribution is -0.147. The molecule has 0 spiro atoms. The maximum absolute atomic E-state index is 12.5. The van der Waals surface area contributed by atoms with Gasteiger partial charge in [-0.3, -0.25) is 14.4 Å². The van der Waals surface area contributed by atoms with Crippen LogP contribution in [-0.4, -0.2) is 28.9 Å². The second kappa shape index (κ2) is 8.65. The van der Waals surface area contributed by atoms with Crippen LogP contribution in [0.2, 0.25) is 0 Å². The van der Waals surface area contributed by atoms with E-state index in [9.17, 15) is 19.5 Å². The Balaban J connectivity index is 2.07. The van der Waals surface area contributed by atoms with Gasteiger partial charge in [0.15, 0.2) is 0 Å². The number of amides is 2. The van der Waals surface area contributed by atoms with Crippen molar-refractivity contribution >= 4 is 23.5 Å². The largest absolute Gasteiger partial charge is 0.481 e. The lowest BCUT2D eigenvalue weighted by atomic mass is 9.78. The average molecular weight is 346 g/mol. The molecule has 0 aliphatic heterocycles. The van der Waals surface area contributed by atoms with Crippen molar-refractivity contribution in [1.82, 2.24) is 5.32 Å². The van der Waals surface area contributed by atoms with Crippen LogP contribution < -0.4 is 10.6 Å². The standard InChI is InChI=1S/C19H26N2O4/c1-3-12(2)20-17(22)13-7-6-8-14(11-13)21-18(23)15-9-4-5-10-16(15)19(24)25/h6-8,11-12,15-16H,3-5,9-10H2,1-2H3,(H,20,22)(H,21,23)(H,24,25)/t12-,15+,16+/m0/s1. The fourth-order valence-electron chi connectivity index (χ4n) is 3.12. The predicted molar refractivity (Wildman–Crippen MR) is 95.4 cm³/mol. The van der Waals surface area contributed by atoms with Crippen LogP contribution in [0.25, 0.3) is 0 Å². The van der Waals surface area contributed by atoms with Crippen molar-refractivity contribution in [1.29, 1.82) is 0 Å². The molecule has 0 heterocycles. The third kappa shape index (κ3) is 5.05. The molecule has 0 bridgehead atoms. The van der Waals surface area contributed by atoms with Gasteiger partial charge in [-0.2, -0.15) is 0 Å². The van der Waals surface area contributed by atoms with Crippen LogP contribution in [-0.2, 0) is 9.59 Å². The van der Waals surface area contributed by atoms with Gasteiger partial charge in [0.05, 0.1) is 11.8 Å². The second-order valence-electron chi connectivity index (χ2n) is 6.69. The van der Waals surface area contributed by atoms with E-state index < -0.39 is 17.8 Å². The summed E-state index contributed by atoms with van der Waals surface area (Å²) in [6, 6.07) is 6.79. The Morgan fingerprint density at radius 3 is 2.52 bits per heavy atom. The predicted octanol–water partition coefficient (Wildman–Crippen LogP) is 3.04. The number of carbonyl (C=O) groups excluding carboxylic acids is 2. The molecule has 6 heteroatoms. The summed E-state index contributed by atoms with van der Waals surface area (Å²) in [5.41, 5.74) is 0.980. The van der Waals surface area contributed by atoms with Gasteiger partial charge in [0.25, 0.3) is 5.91 Å². The molecule has 3 atom stereocenters. The summed E-state index contributed by atoms with van der Waals surface area (Å²) in [6.45, 7) is 3.92. The summed E-state index contributed by atoms with van der Waals surface area (Å²) in [7, 11) is 0. The summed E-state index contributed by atoms with van der Waals surface area (Å²) in [5.74, 6) is -2.55. The number of rotatable bonds is 6. The quantitative estimate of drug-likeness (QED) is 0.738. The fraction of sp³-hybridized carbons (Fsp3) is 0.526. The highest BCUT2D eigenvalue weighted by Gasteiger charge is 2.35. The van der Waals surface area contributed by atoms with Crippen LogP contribution in [0.5, 0.6) is 0 Å². The van der Waals surface area contributed by atoms with Gasteiger partial charge in [-0.25, -0.2) is 0 Å². The molecule has 1 aliphatic carbocycles. The number of benzene rings is 1. The van der Waals surface area contributed by atoms with Crippen LogP contribution >= 0.6 is 0 Å². The average Bonchev–Trinajstić information content (AvgIpc) is 2.61. The van der Waals surface area contributed by atoms with E-state index in [1.165, 1.54) is 0 Å². The van der Waals surface area contributed by atoms with Crippen LogP contribution in [0.4, 0.5) is 5.69 Å². The summed E-state index contributed by atoms with van der Waals surface area (Å²) in [6.07, 6.45) is 3.65. The van der Waals surface area contributed by atoms with Crippen molar-refractivity contribution in [3.63, 3.8) is 0 Å². The summed E-state index contributed by atoms with van der Waals surface area (Å²) in [5, 5.41) is 15.0. The molecule has 1 aromatic carbocycles. The highest BCUT2D eigenvalue weighted by molar-refractivity contribution is 5.98. The Morgan fingerprint density at radius 1 is 1.20 bits per heavy atom. The number of hydrogen-bond donors (Lipinski definition) is 3. The Kier molecular flexibility index (Phi) is 6.56. The molecule has 1 fully saturated rings. The molecule has 0 radical (unpaired) electrons. The normalized spacial score (nSPS) is 21.2. The summed E-state index contributed by atoms with van der Waals surface area (Å²) >= 11 is 0. The third-order valence-electron chi connectivity index (χ3n) is 4.80. The van der Waals surface area contributed by atoms with Crippen molar-refractivity contribution in [2.75, 3.05) is 5.32 Å². The summed E-state index contributed by atoms with van der Waals surface area (Å²) in [4.78, 5) is 36.1. The number of carboxylic acids is 1. The van der Waals surface area contributed by atoms with Gasteiger partial charge >= 0.3 is 5.97 Å². The topological polar surface area (TPSA) is 95.5 Å². The van der Waals surface area contributed by atoms with Gasteiger partial charge in [-0.05, 0) is 44.4 Å². The van der Waals surface area contributed by atoms with Gasteiger partial charge in [0, 0.05) is 17.3 Å². The molecular formula is C19H26N2O4. The zero-order valence-corrected chi connectivity index (χ0v) is 14.7. The number of carbonyl (C=O) groups is 3. The summed E-state index contributed by atoms with van der Waals surface area (Å²) < 4.78 is 0. The highest BCUT2D eigenvalue weighted by Crippen LogP contribution is 2.31. The molecule has 1 aromatic rings. The molecule has 25 heavy (non-hydrogen) atoms. The Hall–Kier alpha value is -2.37. The van der Waals surface area contributed by atoms with E-state index in [0.717, 1.165) is 19.3 Å². The Bertz CT molecular complexity index is 644. The zero-order chi connectivity index (χ0) is 18.4. The van der Waals surface area contributed by atoms with E-state index in [2.05, 4.69) is 10.6 Å². The maximum Gasteiger partial charge on any atom is 0.307 e. The third-order valence-corrected chi connectivity index (χ3v) is 4.80. The number of hydrogen-bond acceptors (Lipinski definition) is 3. The fourth-order valence-corrected chi connectivity index (χ4v) is 3.12. The molecular weight excluding hydrogens is 320 g/mol. The van der Waals surface area contributed by atoms with Crippen LogP contribution in [0, 0.1) is 11.8 Å². The minimum Gasteiger partial charge on any atom is -0.481 e. The molecule has 2 rings (SSSR count). The van der Waals surface area contributed by atoms with Crippen molar-refractivity contribution in [3.8, 4) is 0 Å². The van der Waals surface area contributed by atoms with Crippen LogP contribution in [0.3, 0.4) is 0 Å². The van der Waals surface area contributed by atoms with Crippen molar-refractivity contribution in [2.24, 2.45) is 11.8 Å². The van der Waals surface area contributed by atoms with Gasteiger partial charge in [0.2, 0.25) is 5.91 Å². The first kappa shape index (κ1) is 19.0. The number of carboxylic acid groups (broad SMARTS) is 1. The van der Waals surface area contributed by atoms with E-state index in [4.69, 9.17) is 0 Å². The minimum atomic E-state index is -0.915. The molecule has 0 saturated heterocycles. The van der Waals surface area contributed by atoms with Crippen LogP contribution in [0.1, 0.15) is 56.3 Å². The van der Waals surface area contributed by atoms with E-state index >= 15 is 0 Å². The van der Waals surface area contributed by atoms with E-state index in [1.807, 2.05) is 13.8 Å². The number of aliphatic carboxylic acids is 1. The molecule has 6 nitrogen and oxygen atoms in total. The number of nitrogens with one attached hydrogen (secondary N) is 2. The second-order valence-corrected chi connectivity index (χ2v) is 6.69. The lowest BCUT2D eigenvalue weighted by Gasteiger charge is -2.27. The molecule has 0 aromatic heterocycles. The molecule has 2 amide bonds. The van der Waals surface area contributed by atoms with E-state index in [0.29, 0.717) is 24.1 Å². The van der Waals surface area contributed by atoms with Gasteiger partial charge < -0.3 is 15.7 Å². The van der Waals surface area contributed by atoms with Crippen molar-refractivity contribution in [2.45, 2.75) is 52.0 Å². The first-order chi connectivity index (χ1) is 11.9. The molecule has 0 unspecified atom stereocenters. The lowest BCUT2D eigenvalue weighted by Crippen LogP contribution is -2.36. The molecule has 1 aliphatic rings. The van der Waals surface area contributed by atoms with Crippen molar-refractivity contribution < 1.29 is 19.5 Å². The molecule has 136 valence electrons. The number of anilines is 1. The van der Waals surface area contributed by atoms with Gasteiger partial charge in [0.1, 0.15) is 0 Å². The molecule has 1 saturated carbocycles.